The molecular formula is C52H36N2. The maximum atomic E-state index is 2.40. The minimum Gasteiger partial charge on any atom is -0.310 e. The first-order valence-corrected chi connectivity index (χ1v) is 18.5. The Morgan fingerprint density at radius 2 is 0.741 bits per heavy atom. The van der Waals surface area contributed by atoms with E-state index in [0.717, 1.165) is 22.7 Å². The highest BCUT2D eigenvalue weighted by molar-refractivity contribution is 6.10. The van der Waals surface area contributed by atoms with Gasteiger partial charge in [-0.1, -0.05) is 158 Å². The lowest BCUT2D eigenvalue weighted by molar-refractivity contribution is 1.18. The van der Waals surface area contributed by atoms with Gasteiger partial charge in [-0.2, -0.15) is 0 Å². The number of aromatic nitrogens is 1. The maximum absolute atomic E-state index is 2.40. The summed E-state index contributed by atoms with van der Waals surface area (Å²) >= 11 is 0. The Morgan fingerprint density at radius 3 is 1.39 bits per heavy atom. The Morgan fingerprint density at radius 1 is 0.278 bits per heavy atom. The molecule has 9 aromatic carbocycles. The van der Waals surface area contributed by atoms with E-state index >= 15 is 0 Å². The smallest absolute Gasteiger partial charge is 0.0547 e. The minimum absolute atomic E-state index is 1.11. The number of anilines is 3. The summed E-state index contributed by atoms with van der Waals surface area (Å²) in [4.78, 5) is 2.35. The number of benzene rings is 9. The summed E-state index contributed by atoms with van der Waals surface area (Å²) in [5.41, 5.74) is 14.1. The summed E-state index contributed by atoms with van der Waals surface area (Å²) in [5.74, 6) is 0. The Hall–Kier alpha value is -7.16. The third-order valence-electron chi connectivity index (χ3n) is 10.6. The fourth-order valence-corrected chi connectivity index (χ4v) is 7.86. The van der Waals surface area contributed by atoms with Crippen molar-refractivity contribution in [3.05, 3.63) is 218 Å². The molecule has 254 valence electrons. The first-order valence-electron chi connectivity index (χ1n) is 18.5. The summed E-state index contributed by atoms with van der Waals surface area (Å²) in [6.45, 7) is 0. The van der Waals surface area contributed by atoms with Crippen LogP contribution < -0.4 is 4.90 Å². The lowest BCUT2D eigenvalue weighted by Gasteiger charge is -2.26. The van der Waals surface area contributed by atoms with Gasteiger partial charge in [0.2, 0.25) is 0 Å². The quantitative estimate of drug-likeness (QED) is 0.162. The maximum Gasteiger partial charge on any atom is 0.0547 e. The van der Waals surface area contributed by atoms with Crippen molar-refractivity contribution in [2.75, 3.05) is 4.90 Å². The topological polar surface area (TPSA) is 8.17 Å². The van der Waals surface area contributed by atoms with Gasteiger partial charge in [-0.3, -0.25) is 0 Å². The second-order valence-electron chi connectivity index (χ2n) is 13.8. The van der Waals surface area contributed by atoms with Crippen molar-refractivity contribution < 1.29 is 0 Å². The second-order valence-corrected chi connectivity index (χ2v) is 13.8. The average molecular weight is 689 g/mol. The molecule has 1 heterocycles. The molecule has 10 aromatic rings. The molecule has 54 heavy (non-hydrogen) atoms. The zero-order valence-corrected chi connectivity index (χ0v) is 29.7. The summed E-state index contributed by atoms with van der Waals surface area (Å²) in [6, 6.07) is 78.9. The molecule has 0 amide bonds. The summed E-state index contributed by atoms with van der Waals surface area (Å²) in [6.07, 6.45) is 0. The van der Waals surface area contributed by atoms with Gasteiger partial charge in [0, 0.05) is 33.5 Å². The molecule has 0 radical (unpaired) electrons. The standard InChI is InChI=1S/C52H36N2/c1-3-11-37(12-4-1)40-19-27-45(28-20-40)53(48-33-25-39-15-7-8-16-43(39)35-48)46-29-23-42(24-30-46)44-26-34-50-49-17-9-10-18-51(49)54(52(50)36-44)47-31-21-41(22-32-47)38-13-5-2-6-14-38/h1-36H. The van der Waals surface area contributed by atoms with E-state index in [-0.39, 0.29) is 0 Å². The van der Waals surface area contributed by atoms with Crippen LogP contribution in [-0.2, 0) is 0 Å². The molecule has 1 aromatic heterocycles. The highest BCUT2D eigenvalue weighted by atomic mass is 15.1. The van der Waals surface area contributed by atoms with Crippen molar-refractivity contribution in [1.29, 1.82) is 0 Å². The minimum atomic E-state index is 1.11. The zero-order chi connectivity index (χ0) is 35.8. The SMILES string of the molecule is c1ccc(-c2ccc(N(c3ccc(-c4ccc5c6ccccc6n(-c6ccc(-c7ccccc7)cc6)c5c4)cc3)c3ccc4ccccc4c3)cc2)cc1. The van der Waals surface area contributed by atoms with Gasteiger partial charge in [0.05, 0.1) is 11.0 Å². The molecule has 0 aliphatic heterocycles. The molecule has 0 N–H and O–H groups in total. The van der Waals surface area contributed by atoms with Gasteiger partial charge in [-0.15, -0.1) is 0 Å². The highest BCUT2D eigenvalue weighted by Gasteiger charge is 2.16. The third-order valence-corrected chi connectivity index (χ3v) is 10.6. The fraction of sp³-hybridized carbons (Fsp3) is 0. The van der Waals surface area contributed by atoms with Crippen LogP contribution in [0.2, 0.25) is 0 Å². The second kappa shape index (κ2) is 13.4. The van der Waals surface area contributed by atoms with Gasteiger partial charge in [-0.05, 0) is 105 Å². The van der Waals surface area contributed by atoms with Crippen LogP contribution in [-0.4, -0.2) is 4.57 Å². The molecule has 2 nitrogen and oxygen atoms in total. The number of nitrogens with zero attached hydrogens (tertiary/aromatic N) is 2. The highest BCUT2D eigenvalue weighted by Crippen LogP contribution is 2.39. The van der Waals surface area contributed by atoms with Gasteiger partial charge in [0.1, 0.15) is 0 Å². The third kappa shape index (κ3) is 5.71. The zero-order valence-electron chi connectivity index (χ0n) is 29.7. The molecule has 0 saturated heterocycles. The molecule has 0 atom stereocenters. The van der Waals surface area contributed by atoms with Crippen molar-refractivity contribution >= 4 is 49.6 Å². The van der Waals surface area contributed by atoms with E-state index < -0.39 is 0 Å². The molecular weight excluding hydrogens is 653 g/mol. The van der Waals surface area contributed by atoms with E-state index in [4.69, 9.17) is 0 Å². The Kier molecular flexibility index (Phi) is 7.85. The molecule has 0 aliphatic rings. The van der Waals surface area contributed by atoms with Gasteiger partial charge in [0.15, 0.2) is 0 Å². The van der Waals surface area contributed by atoms with Crippen LogP contribution >= 0.6 is 0 Å². The van der Waals surface area contributed by atoms with Crippen molar-refractivity contribution in [1.82, 2.24) is 4.57 Å². The largest absolute Gasteiger partial charge is 0.310 e. The van der Waals surface area contributed by atoms with Crippen LogP contribution in [0, 0.1) is 0 Å². The molecule has 0 spiro atoms. The van der Waals surface area contributed by atoms with E-state index in [9.17, 15) is 0 Å². The van der Waals surface area contributed by atoms with E-state index in [1.54, 1.807) is 0 Å². The van der Waals surface area contributed by atoms with Crippen LogP contribution in [0.3, 0.4) is 0 Å². The van der Waals surface area contributed by atoms with E-state index in [1.807, 2.05) is 0 Å². The molecule has 0 aliphatic carbocycles. The molecule has 0 unspecified atom stereocenters. The summed E-state index contributed by atoms with van der Waals surface area (Å²) in [5, 5.41) is 4.96. The van der Waals surface area contributed by atoms with Crippen LogP contribution in [0.1, 0.15) is 0 Å². The van der Waals surface area contributed by atoms with Crippen LogP contribution in [0.25, 0.3) is 71.6 Å². The normalized spacial score (nSPS) is 11.3. The molecule has 0 saturated carbocycles. The van der Waals surface area contributed by atoms with Crippen LogP contribution in [0.4, 0.5) is 17.1 Å². The number of hydrogen-bond donors (Lipinski definition) is 0. The predicted molar refractivity (Wildman–Crippen MR) is 229 cm³/mol. The predicted octanol–water partition coefficient (Wildman–Crippen LogP) is 14.4. The van der Waals surface area contributed by atoms with Crippen molar-refractivity contribution in [2.24, 2.45) is 0 Å². The Labute approximate surface area is 315 Å². The first-order chi connectivity index (χ1) is 26.8. The number of hydrogen-bond acceptors (Lipinski definition) is 1. The summed E-state index contributed by atoms with van der Waals surface area (Å²) in [7, 11) is 0. The van der Waals surface area contributed by atoms with Crippen molar-refractivity contribution in [3.63, 3.8) is 0 Å². The molecule has 0 bridgehead atoms. The first kappa shape index (κ1) is 31.6. The van der Waals surface area contributed by atoms with Crippen LogP contribution in [0.5, 0.6) is 0 Å². The number of para-hydroxylation sites is 1. The average Bonchev–Trinajstić information content (AvgIpc) is 3.58. The van der Waals surface area contributed by atoms with Crippen LogP contribution in [0.15, 0.2) is 218 Å². The number of rotatable bonds is 7. The van der Waals surface area contributed by atoms with E-state index in [0.29, 0.717) is 0 Å². The molecule has 0 fully saturated rings. The Bertz CT molecular complexity index is 2890. The molecule has 2 heteroatoms. The van der Waals surface area contributed by atoms with E-state index in [2.05, 4.69) is 228 Å². The summed E-state index contributed by atoms with van der Waals surface area (Å²) < 4.78 is 2.40. The van der Waals surface area contributed by atoms with Gasteiger partial charge in [-0.25, -0.2) is 0 Å². The van der Waals surface area contributed by atoms with E-state index in [1.165, 1.54) is 66.0 Å². The monoisotopic (exact) mass is 688 g/mol. The van der Waals surface area contributed by atoms with Gasteiger partial charge < -0.3 is 9.47 Å². The Balaban J connectivity index is 1.04. The van der Waals surface area contributed by atoms with Gasteiger partial charge >= 0.3 is 0 Å². The van der Waals surface area contributed by atoms with Crippen molar-refractivity contribution in [2.45, 2.75) is 0 Å². The fourth-order valence-electron chi connectivity index (χ4n) is 7.86. The number of fused-ring (bicyclic) bond motifs is 4. The van der Waals surface area contributed by atoms with Crippen molar-refractivity contribution in [3.8, 4) is 39.1 Å². The lowest BCUT2D eigenvalue weighted by atomic mass is 10.0. The lowest BCUT2D eigenvalue weighted by Crippen LogP contribution is -2.09. The van der Waals surface area contributed by atoms with Gasteiger partial charge in [0.25, 0.3) is 0 Å². The molecule has 10 rings (SSSR count).